The summed E-state index contributed by atoms with van der Waals surface area (Å²) >= 11 is 0. The van der Waals surface area contributed by atoms with Crippen molar-refractivity contribution in [2.75, 3.05) is 13.3 Å². The van der Waals surface area contributed by atoms with Crippen LogP contribution in [-0.2, 0) is 6.42 Å². The number of ether oxygens (including phenoxy) is 1. The summed E-state index contributed by atoms with van der Waals surface area (Å²) in [6, 6.07) is 8.17. The van der Waals surface area contributed by atoms with E-state index in [2.05, 4.69) is 49.3 Å². The standard InChI is InChI=1S/C20H31FN2O3Si2/c1-27(2,3)25-19-17(15-22-20(23-19)26-28(4,5)6)13-16-9-7-10-18(14-16)24-12-8-11-21/h7,9-10,14-15H,8,11-13H2,1-6H3. The molecule has 5 nitrogen and oxygen atoms in total. The molecule has 0 spiro atoms. The van der Waals surface area contributed by atoms with E-state index in [1.807, 2.05) is 24.3 Å². The highest BCUT2D eigenvalue weighted by Gasteiger charge is 2.23. The maximum Gasteiger partial charge on any atom is 0.305 e. The zero-order valence-electron chi connectivity index (χ0n) is 17.7. The predicted molar refractivity (Wildman–Crippen MR) is 115 cm³/mol. The first-order chi connectivity index (χ1) is 13.1. The van der Waals surface area contributed by atoms with Gasteiger partial charge in [0.25, 0.3) is 0 Å². The van der Waals surface area contributed by atoms with E-state index >= 15 is 0 Å². The van der Waals surface area contributed by atoms with Crippen molar-refractivity contribution < 1.29 is 18.0 Å². The van der Waals surface area contributed by atoms with E-state index in [-0.39, 0.29) is 6.67 Å². The first-order valence-electron chi connectivity index (χ1n) is 9.57. The number of aromatic nitrogens is 2. The fraction of sp³-hybridized carbons (Fsp3) is 0.500. The van der Waals surface area contributed by atoms with Gasteiger partial charge in [0.2, 0.25) is 22.5 Å². The van der Waals surface area contributed by atoms with Gasteiger partial charge < -0.3 is 13.6 Å². The van der Waals surface area contributed by atoms with Crippen molar-refractivity contribution >= 4 is 16.6 Å². The Labute approximate surface area is 169 Å². The number of benzene rings is 1. The highest BCUT2D eigenvalue weighted by atomic mass is 28.4. The molecule has 0 aliphatic rings. The van der Waals surface area contributed by atoms with Crippen molar-refractivity contribution in [2.45, 2.75) is 52.1 Å². The SMILES string of the molecule is C[Si](C)(C)Oc1ncc(Cc2cccc(OCCCF)c2)c(O[Si](C)(C)C)n1. The first kappa shape index (κ1) is 22.4. The molecule has 8 heteroatoms. The van der Waals surface area contributed by atoms with Crippen molar-refractivity contribution in [3.63, 3.8) is 0 Å². The van der Waals surface area contributed by atoms with Crippen LogP contribution in [0.1, 0.15) is 17.5 Å². The van der Waals surface area contributed by atoms with Crippen LogP contribution in [0.4, 0.5) is 4.39 Å². The van der Waals surface area contributed by atoms with Crippen molar-refractivity contribution in [3.05, 3.63) is 41.6 Å². The Balaban J connectivity index is 2.25. The number of alkyl halides is 1. The second kappa shape index (κ2) is 9.51. The van der Waals surface area contributed by atoms with Crippen molar-refractivity contribution in [1.82, 2.24) is 9.97 Å². The van der Waals surface area contributed by atoms with Gasteiger partial charge in [-0.3, -0.25) is 4.39 Å². The smallest absolute Gasteiger partial charge is 0.305 e. The number of rotatable bonds is 10. The van der Waals surface area contributed by atoms with Crippen LogP contribution in [0.25, 0.3) is 0 Å². The van der Waals surface area contributed by atoms with Crippen LogP contribution < -0.4 is 13.6 Å². The van der Waals surface area contributed by atoms with E-state index in [1.54, 1.807) is 6.20 Å². The number of halogens is 1. The van der Waals surface area contributed by atoms with E-state index in [4.69, 9.17) is 13.6 Å². The van der Waals surface area contributed by atoms with E-state index in [0.717, 1.165) is 16.9 Å². The lowest BCUT2D eigenvalue weighted by Gasteiger charge is -2.22. The molecule has 28 heavy (non-hydrogen) atoms. The Morgan fingerprint density at radius 1 is 1.00 bits per heavy atom. The van der Waals surface area contributed by atoms with Crippen molar-refractivity contribution in [2.24, 2.45) is 0 Å². The zero-order chi connectivity index (χ0) is 20.8. The third-order valence-electron chi connectivity index (χ3n) is 3.44. The zero-order valence-corrected chi connectivity index (χ0v) is 19.7. The highest BCUT2D eigenvalue weighted by molar-refractivity contribution is 6.70. The second-order valence-electron chi connectivity index (χ2n) is 8.63. The fourth-order valence-electron chi connectivity index (χ4n) is 2.41. The summed E-state index contributed by atoms with van der Waals surface area (Å²) in [5, 5.41) is 0. The molecule has 0 unspecified atom stereocenters. The molecule has 0 fully saturated rings. The monoisotopic (exact) mass is 422 g/mol. The Hall–Kier alpha value is -1.94. The minimum Gasteiger partial charge on any atom is -0.531 e. The van der Waals surface area contributed by atoms with E-state index in [9.17, 15) is 4.39 Å². The lowest BCUT2D eigenvalue weighted by molar-refractivity contribution is 0.289. The maximum atomic E-state index is 12.3. The highest BCUT2D eigenvalue weighted by Crippen LogP contribution is 2.26. The second-order valence-corrected chi connectivity index (χ2v) is 17.5. The maximum absolute atomic E-state index is 12.3. The van der Waals surface area contributed by atoms with E-state index in [0.29, 0.717) is 31.3 Å². The molecule has 1 aromatic heterocycles. The average molecular weight is 423 g/mol. The van der Waals surface area contributed by atoms with E-state index in [1.165, 1.54) is 0 Å². The Morgan fingerprint density at radius 3 is 2.36 bits per heavy atom. The Bertz CT molecular complexity index is 777. The van der Waals surface area contributed by atoms with Crippen LogP contribution in [0, 0.1) is 0 Å². The van der Waals surface area contributed by atoms with Crippen molar-refractivity contribution in [3.8, 4) is 17.6 Å². The largest absolute Gasteiger partial charge is 0.531 e. The average Bonchev–Trinajstić information content (AvgIpc) is 2.55. The fourth-order valence-corrected chi connectivity index (χ4v) is 3.81. The molecule has 0 saturated heterocycles. The summed E-state index contributed by atoms with van der Waals surface area (Å²) in [5.74, 6) is 1.32. The van der Waals surface area contributed by atoms with Gasteiger partial charge in [-0.15, -0.1) is 0 Å². The molecule has 0 amide bonds. The molecule has 0 aliphatic heterocycles. The molecule has 0 atom stereocenters. The van der Waals surface area contributed by atoms with Gasteiger partial charge in [0.1, 0.15) is 5.75 Å². The lowest BCUT2D eigenvalue weighted by atomic mass is 10.1. The summed E-state index contributed by atoms with van der Waals surface area (Å²) in [5.41, 5.74) is 1.96. The van der Waals surface area contributed by atoms with E-state index < -0.39 is 16.6 Å². The molecule has 0 bridgehead atoms. The molecular formula is C20H31FN2O3Si2. The van der Waals surface area contributed by atoms with Gasteiger partial charge in [0.05, 0.1) is 13.3 Å². The molecule has 1 heterocycles. The summed E-state index contributed by atoms with van der Waals surface area (Å²) < 4.78 is 30.0. The Kier molecular flexibility index (Phi) is 7.59. The molecule has 154 valence electrons. The Morgan fingerprint density at radius 2 is 1.71 bits per heavy atom. The number of hydrogen-bond acceptors (Lipinski definition) is 5. The molecule has 0 N–H and O–H groups in total. The van der Waals surface area contributed by atoms with Gasteiger partial charge in [0.15, 0.2) is 0 Å². The van der Waals surface area contributed by atoms with Gasteiger partial charge >= 0.3 is 6.01 Å². The molecule has 2 aromatic rings. The molecule has 0 aliphatic carbocycles. The predicted octanol–water partition coefficient (Wildman–Crippen LogP) is 5.23. The van der Waals surface area contributed by atoms with Crippen LogP contribution in [0.5, 0.6) is 17.6 Å². The quantitative estimate of drug-likeness (QED) is 0.387. The van der Waals surface area contributed by atoms with Gasteiger partial charge in [0, 0.05) is 24.6 Å². The molecule has 0 radical (unpaired) electrons. The molecular weight excluding hydrogens is 391 g/mol. The van der Waals surface area contributed by atoms with Crippen LogP contribution in [-0.4, -0.2) is 39.9 Å². The topological polar surface area (TPSA) is 53.5 Å². The number of hydrogen-bond donors (Lipinski definition) is 0. The van der Waals surface area contributed by atoms with Gasteiger partial charge in [-0.2, -0.15) is 4.98 Å². The van der Waals surface area contributed by atoms with Crippen LogP contribution in [0.3, 0.4) is 0 Å². The number of nitrogens with zero attached hydrogens (tertiary/aromatic N) is 2. The van der Waals surface area contributed by atoms with Gasteiger partial charge in [-0.25, -0.2) is 4.98 Å². The third-order valence-corrected chi connectivity index (χ3v) is 5.04. The van der Waals surface area contributed by atoms with Gasteiger partial charge in [-0.1, -0.05) is 12.1 Å². The first-order valence-corrected chi connectivity index (χ1v) is 16.4. The summed E-state index contributed by atoms with van der Waals surface area (Å²) in [6.45, 7) is 12.6. The van der Waals surface area contributed by atoms with Crippen LogP contribution in [0.2, 0.25) is 39.3 Å². The summed E-state index contributed by atoms with van der Waals surface area (Å²) in [7, 11) is -3.66. The van der Waals surface area contributed by atoms with Crippen molar-refractivity contribution in [1.29, 1.82) is 0 Å². The molecule has 1 aromatic carbocycles. The summed E-state index contributed by atoms with van der Waals surface area (Å²) in [4.78, 5) is 8.96. The normalized spacial score (nSPS) is 12.0. The lowest BCUT2D eigenvalue weighted by Crippen LogP contribution is -2.32. The van der Waals surface area contributed by atoms with Crippen LogP contribution >= 0.6 is 0 Å². The minimum atomic E-state index is -1.86. The van der Waals surface area contributed by atoms with Crippen LogP contribution in [0.15, 0.2) is 30.5 Å². The summed E-state index contributed by atoms with van der Waals surface area (Å²) in [6.07, 6.45) is 2.80. The molecule has 2 rings (SSSR count). The minimum absolute atomic E-state index is 0.371. The third kappa shape index (κ3) is 7.97. The van der Waals surface area contributed by atoms with Gasteiger partial charge in [-0.05, 0) is 57.0 Å². The molecule has 0 saturated carbocycles.